The van der Waals surface area contributed by atoms with E-state index in [0.717, 1.165) is 37.7 Å². The van der Waals surface area contributed by atoms with Crippen LogP contribution in [0.1, 0.15) is 43.8 Å². The Morgan fingerprint density at radius 3 is 2.83 bits per heavy atom. The SMILES string of the molecule is NC(=O)NCC(=O)N1CCC[C@@H](c2nccn2CC2CCC2)C1. The van der Waals surface area contributed by atoms with Crippen LogP contribution in [0.2, 0.25) is 0 Å². The van der Waals surface area contributed by atoms with Crippen molar-refractivity contribution in [3.8, 4) is 0 Å². The van der Waals surface area contributed by atoms with Gasteiger partial charge in [-0.3, -0.25) is 4.79 Å². The fourth-order valence-corrected chi connectivity index (χ4v) is 3.48. The summed E-state index contributed by atoms with van der Waals surface area (Å²) in [5.74, 6) is 2.07. The maximum atomic E-state index is 12.2. The summed E-state index contributed by atoms with van der Waals surface area (Å²) in [6.45, 7) is 2.42. The van der Waals surface area contributed by atoms with E-state index in [1.54, 1.807) is 0 Å². The number of hydrogen-bond donors (Lipinski definition) is 2. The molecule has 2 fully saturated rings. The number of primary amides is 1. The zero-order valence-electron chi connectivity index (χ0n) is 13.4. The quantitative estimate of drug-likeness (QED) is 0.849. The van der Waals surface area contributed by atoms with Gasteiger partial charge in [0.1, 0.15) is 5.82 Å². The fraction of sp³-hybridized carbons (Fsp3) is 0.688. The van der Waals surface area contributed by atoms with Crippen molar-refractivity contribution in [3.63, 3.8) is 0 Å². The minimum atomic E-state index is -0.664. The fourth-order valence-electron chi connectivity index (χ4n) is 3.48. The van der Waals surface area contributed by atoms with E-state index in [1.807, 2.05) is 11.1 Å². The highest BCUT2D eigenvalue weighted by atomic mass is 16.2. The Labute approximate surface area is 136 Å². The number of carbonyl (C=O) groups is 2. The zero-order valence-corrected chi connectivity index (χ0v) is 13.4. The summed E-state index contributed by atoms with van der Waals surface area (Å²) in [5.41, 5.74) is 5.03. The summed E-state index contributed by atoms with van der Waals surface area (Å²) < 4.78 is 2.27. The predicted molar refractivity (Wildman–Crippen MR) is 85.7 cm³/mol. The van der Waals surface area contributed by atoms with Gasteiger partial charge in [0.05, 0.1) is 6.54 Å². The molecule has 23 heavy (non-hydrogen) atoms. The second kappa shape index (κ2) is 7.02. The molecule has 7 heteroatoms. The second-order valence-corrected chi connectivity index (χ2v) is 6.63. The molecule has 1 aromatic heterocycles. The molecule has 1 saturated heterocycles. The number of likely N-dealkylation sites (tertiary alicyclic amines) is 1. The molecular weight excluding hydrogens is 294 g/mol. The molecular formula is C16H25N5O2. The first-order chi connectivity index (χ1) is 11.1. The number of imidazole rings is 1. The Bertz CT molecular complexity index is 567. The van der Waals surface area contributed by atoms with Gasteiger partial charge in [-0.25, -0.2) is 9.78 Å². The predicted octanol–water partition coefficient (Wildman–Crippen LogP) is 1.06. The lowest BCUT2D eigenvalue weighted by Gasteiger charge is -2.33. The van der Waals surface area contributed by atoms with Gasteiger partial charge >= 0.3 is 6.03 Å². The van der Waals surface area contributed by atoms with Gasteiger partial charge in [0.25, 0.3) is 0 Å². The van der Waals surface area contributed by atoms with Gasteiger partial charge in [-0.15, -0.1) is 0 Å². The van der Waals surface area contributed by atoms with Crippen molar-refractivity contribution in [2.75, 3.05) is 19.6 Å². The first-order valence-electron chi connectivity index (χ1n) is 8.45. The van der Waals surface area contributed by atoms with Crippen molar-refractivity contribution in [3.05, 3.63) is 18.2 Å². The number of aromatic nitrogens is 2. The number of nitrogens with one attached hydrogen (secondary N) is 1. The number of hydrogen-bond acceptors (Lipinski definition) is 3. The molecule has 0 unspecified atom stereocenters. The molecule has 126 valence electrons. The number of rotatable bonds is 5. The molecule has 0 aromatic carbocycles. The lowest BCUT2D eigenvalue weighted by Crippen LogP contribution is -2.45. The number of nitrogens with two attached hydrogens (primary N) is 1. The van der Waals surface area contributed by atoms with Crippen LogP contribution in [0, 0.1) is 5.92 Å². The Hall–Kier alpha value is -2.05. The molecule has 7 nitrogen and oxygen atoms in total. The third kappa shape index (κ3) is 3.83. The molecule has 1 aromatic rings. The maximum Gasteiger partial charge on any atom is 0.312 e. The van der Waals surface area contributed by atoms with Crippen LogP contribution in [0.4, 0.5) is 4.79 Å². The van der Waals surface area contributed by atoms with Crippen molar-refractivity contribution in [1.82, 2.24) is 19.8 Å². The number of carbonyl (C=O) groups excluding carboxylic acids is 2. The molecule has 0 bridgehead atoms. The van der Waals surface area contributed by atoms with Gasteiger partial charge in [-0.05, 0) is 31.6 Å². The van der Waals surface area contributed by atoms with Crippen molar-refractivity contribution < 1.29 is 9.59 Å². The summed E-state index contributed by atoms with van der Waals surface area (Å²) in [4.78, 5) is 29.3. The van der Waals surface area contributed by atoms with E-state index in [0.29, 0.717) is 6.54 Å². The van der Waals surface area contributed by atoms with E-state index in [1.165, 1.54) is 19.3 Å². The molecule has 3 rings (SSSR count). The Kier molecular flexibility index (Phi) is 4.83. The van der Waals surface area contributed by atoms with Crippen LogP contribution in [0.5, 0.6) is 0 Å². The minimum absolute atomic E-state index is 0.0292. The average molecular weight is 319 g/mol. The van der Waals surface area contributed by atoms with E-state index in [-0.39, 0.29) is 18.4 Å². The third-order valence-corrected chi connectivity index (χ3v) is 4.98. The highest BCUT2D eigenvalue weighted by Gasteiger charge is 2.28. The Morgan fingerprint density at radius 2 is 2.13 bits per heavy atom. The summed E-state index contributed by atoms with van der Waals surface area (Å²) in [6, 6.07) is -0.664. The van der Waals surface area contributed by atoms with Gasteiger partial charge in [0.2, 0.25) is 5.91 Å². The topological polar surface area (TPSA) is 93.2 Å². The van der Waals surface area contributed by atoms with Crippen LogP contribution >= 0.6 is 0 Å². The van der Waals surface area contributed by atoms with E-state index in [2.05, 4.69) is 21.1 Å². The van der Waals surface area contributed by atoms with Crippen molar-refractivity contribution >= 4 is 11.9 Å². The van der Waals surface area contributed by atoms with Gasteiger partial charge in [-0.1, -0.05) is 6.42 Å². The highest BCUT2D eigenvalue weighted by Crippen LogP contribution is 2.31. The number of urea groups is 1. The van der Waals surface area contributed by atoms with Crippen molar-refractivity contribution in [2.45, 2.75) is 44.6 Å². The lowest BCUT2D eigenvalue weighted by molar-refractivity contribution is -0.131. The molecule has 1 aliphatic carbocycles. The van der Waals surface area contributed by atoms with Gasteiger partial charge in [-0.2, -0.15) is 0 Å². The van der Waals surface area contributed by atoms with Crippen LogP contribution < -0.4 is 11.1 Å². The number of nitrogens with zero attached hydrogens (tertiary/aromatic N) is 3. The Morgan fingerprint density at radius 1 is 1.30 bits per heavy atom. The molecule has 1 atom stereocenters. The second-order valence-electron chi connectivity index (χ2n) is 6.63. The highest BCUT2D eigenvalue weighted by molar-refractivity contribution is 5.83. The summed E-state index contributed by atoms with van der Waals surface area (Å²) in [6.07, 6.45) is 9.90. The average Bonchev–Trinajstić information content (AvgIpc) is 2.97. The molecule has 3 amide bonds. The van der Waals surface area contributed by atoms with Gasteiger partial charge < -0.3 is 20.5 Å². The minimum Gasteiger partial charge on any atom is -0.352 e. The summed E-state index contributed by atoms with van der Waals surface area (Å²) in [7, 11) is 0. The molecule has 0 spiro atoms. The normalized spacial score (nSPS) is 21.7. The van der Waals surface area contributed by atoms with E-state index in [4.69, 9.17) is 5.73 Å². The Balaban J connectivity index is 1.60. The third-order valence-electron chi connectivity index (χ3n) is 4.98. The van der Waals surface area contributed by atoms with Crippen LogP contribution in [0.15, 0.2) is 12.4 Å². The summed E-state index contributed by atoms with van der Waals surface area (Å²) >= 11 is 0. The molecule has 3 N–H and O–H groups in total. The smallest absolute Gasteiger partial charge is 0.312 e. The first kappa shape index (κ1) is 15.8. The van der Waals surface area contributed by atoms with Crippen molar-refractivity contribution in [2.24, 2.45) is 11.7 Å². The molecule has 2 heterocycles. The van der Waals surface area contributed by atoms with Crippen LogP contribution in [-0.2, 0) is 11.3 Å². The van der Waals surface area contributed by atoms with Gasteiger partial charge in [0, 0.05) is 37.9 Å². The molecule has 1 saturated carbocycles. The van der Waals surface area contributed by atoms with E-state index < -0.39 is 6.03 Å². The maximum absolute atomic E-state index is 12.2. The summed E-state index contributed by atoms with van der Waals surface area (Å²) in [5, 5.41) is 2.37. The van der Waals surface area contributed by atoms with Crippen LogP contribution in [-0.4, -0.2) is 46.0 Å². The zero-order chi connectivity index (χ0) is 16.2. The lowest BCUT2D eigenvalue weighted by atomic mass is 9.85. The van der Waals surface area contributed by atoms with Gasteiger partial charge in [0.15, 0.2) is 0 Å². The van der Waals surface area contributed by atoms with E-state index in [9.17, 15) is 9.59 Å². The number of piperidine rings is 1. The first-order valence-corrected chi connectivity index (χ1v) is 8.45. The van der Waals surface area contributed by atoms with E-state index >= 15 is 0 Å². The van der Waals surface area contributed by atoms with Crippen LogP contribution in [0.25, 0.3) is 0 Å². The number of amides is 3. The standard InChI is InChI=1S/C16H25N5O2/c17-16(23)19-9-14(22)20-7-2-5-13(11-20)15-18-6-8-21(15)10-12-3-1-4-12/h6,8,12-13H,1-5,7,9-11H2,(H3,17,19,23)/t13-/m1/s1. The molecule has 0 radical (unpaired) electrons. The monoisotopic (exact) mass is 319 g/mol. The molecule has 2 aliphatic rings. The molecule has 1 aliphatic heterocycles. The largest absolute Gasteiger partial charge is 0.352 e. The van der Waals surface area contributed by atoms with Crippen LogP contribution in [0.3, 0.4) is 0 Å². The van der Waals surface area contributed by atoms with Crippen molar-refractivity contribution in [1.29, 1.82) is 0 Å².